The summed E-state index contributed by atoms with van der Waals surface area (Å²) in [5.74, 6) is 0. The Bertz CT molecular complexity index is 485. The van der Waals surface area contributed by atoms with Crippen LogP contribution in [-0.2, 0) is 0 Å². The quantitative estimate of drug-likeness (QED) is 0.584. The van der Waals surface area contributed by atoms with E-state index in [1.54, 1.807) is 0 Å². The third-order valence-electron chi connectivity index (χ3n) is 1.87. The van der Waals surface area contributed by atoms with E-state index < -0.39 is 7.12 Å². The molecule has 0 spiro atoms. The van der Waals surface area contributed by atoms with E-state index >= 15 is 0 Å². The molecule has 2 aromatic rings. The lowest BCUT2D eigenvalue weighted by atomic mass is 9.89. The van der Waals surface area contributed by atoms with Gasteiger partial charge in [-0.2, -0.15) is 0 Å². The summed E-state index contributed by atoms with van der Waals surface area (Å²) in [6.45, 7) is 0. The van der Waals surface area contributed by atoms with Gasteiger partial charge in [0.2, 0.25) is 0 Å². The highest BCUT2D eigenvalue weighted by molar-refractivity contribution is 14.1. The molecule has 0 amide bonds. The molecule has 0 aliphatic heterocycles. The van der Waals surface area contributed by atoms with Crippen molar-refractivity contribution in [3.8, 4) is 0 Å². The van der Waals surface area contributed by atoms with Crippen LogP contribution in [0.25, 0.3) is 10.1 Å². The molecule has 6 heteroatoms. The molecule has 72 valence electrons. The Labute approximate surface area is 107 Å². The van der Waals surface area contributed by atoms with Crippen LogP contribution in [0.15, 0.2) is 22.7 Å². The Hall–Kier alpha value is 0.375. The van der Waals surface area contributed by atoms with Gasteiger partial charge in [-0.15, -0.1) is 11.3 Å². The van der Waals surface area contributed by atoms with Gasteiger partial charge in [-0.25, -0.2) is 0 Å². The second-order valence-electron chi connectivity index (χ2n) is 2.77. The number of hydrogen-bond acceptors (Lipinski definition) is 3. The highest BCUT2D eigenvalue weighted by atomic mass is 127. The average Bonchev–Trinajstić information content (AvgIpc) is 2.45. The zero-order valence-electron chi connectivity index (χ0n) is 6.87. The minimum atomic E-state index is -1.38. The Morgan fingerprint density at radius 3 is 2.64 bits per heavy atom. The van der Waals surface area contributed by atoms with E-state index in [4.69, 9.17) is 10.0 Å². The van der Waals surface area contributed by atoms with Gasteiger partial charge in [-0.1, -0.05) is 22.0 Å². The molecule has 1 aromatic heterocycles. The van der Waals surface area contributed by atoms with Crippen molar-refractivity contribution in [2.45, 2.75) is 0 Å². The van der Waals surface area contributed by atoms with Crippen LogP contribution in [0.4, 0.5) is 0 Å². The molecule has 0 fully saturated rings. The van der Waals surface area contributed by atoms with E-state index in [1.807, 2.05) is 18.2 Å². The third kappa shape index (κ3) is 1.74. The fraction of sp³-hybridized carbons (Fsp3) is 0. The van der Waals surface area contributed by atoms with E-state index in [0.717, 1.165) is 18.1 Å². The maximum Gasteiger partial charge on any atom is 0.500 e. The summed E-state index contributed by atoms with van der Waals surface area (Å²) in [7, 11) is -1.38. The molecule has 0 saturated heterocycles. The average molecular weight is 383 g/mol. The zero-order valence-corrected chi connectivity index (χ0v) is 11.4. The summed E-state index contributed by atoms with van der Waals surface area (Å²) in [4.78, 5) is 0. The summed E-state index contributed by atoms with van der Waals surface area (Å²) < 4.78 is 3.56. The smallest absolute Gasteiger partial charge is 0.423 e. The zero-order chi connectivity index (χ0) is 10.3. The van der Waals surface area contributed by atoms with Crippen LogP contribution in [0.2, 0.25) is 0 Å². The van der Waals surface area contributed by atoms with Crippen molar-refractivity contribution in [3.05, 3.63) is 26.2 Å². The first-order valence-electron chi connectivity index (χ1n) is 3.84. The van der Waals surface area contributed by atoms with Crippen molar-refractivity contribution in [3.63, 3.8) is 0 Å². The molecular formula is C8H5BBrIO2S. The van der Waals surface area contributed by atoms with Crippen molar-refractivity contribution in [1.82, 2.24) is 0 Å². The number of fused-ring (bicyclic) bond motifs is 1. The van der Waals surface area contributed by atoms with Crippen LogP contribution < -0.4 is 4.78 Å². The van der Waals surface area contributed by atoms with E-state index in [1.165, 1.54) is 11.3 Å². The van der Waals surface area contributed by atoms with Crippen molar-refractivity contribution in [2.24, 2.45) is 0 Å². The van der Waals surface area contributed by atoms with Crippen LogP contribution in [0.5, 0.6) is 0 Å². The molecule has 0 bridgehead atoms. The van der Waals surface area contributed by atoms with Gasteiger partial charge in [-0.05, 0) is 34.7 Å². The SMILES string of the molecule is OB(O)c1sc2cccc(Br)c2c1I. The van der Waals surface area contributed by atoms with Crippen LogP contribution >= 0.6 is 49.9 Å². The van der Waals surface area contributed by atoms with E-state index in [9.17, 15) is 0 Å². The molecule has 0 saturated carbocycles. The molecule has 2 nitrogen and oxygen atoms in total. The summed E-state index contributed by atoms with van der Waals surface area (Å²) in [6.07, 6.45) is 0. The van der Waals surface area contributed by atoms with Crippen LogP contribution in [0.1, 0.15) is 0 Å². The molecule has 2 N–H and O–H groups in total. The predicted octanol–water partition coefficient (Wildman–Crippen LogP) is 1.95. The standard InChI is InChI=1S/C8H5BBrIO2S/c10-4-2-1-3-5-6(4)7(11)8(14-5)9(12)13/h1-3,12-13H. The van der Waals surface area contributed by atoms with Gasteiger partial charge < -0.3 is 10.0 Å². The number of halogens is 2. The van der Waals surface area contributed by atoms with Gasteiger partial charge >= 0.3 is 7.12 Å². The second-order valence-corrected chi connectivity index (χ2v) is 5.78. The van der Waals surface area contributed by atoms with Crippen LogP contribution in [0, 0.1) is 3.57 Å². The lowest BCUT2D eigenvalue weighted by Crippen LogP contribution is -2.28. The molecule has 1 heterocycles. The molecule has 0 aliphatic carbocycles. The van der Waals surface area contributed by atoms with Crippen molar-refractivity contribution in [2.75, 3.05) is 0 Å². The summed E-state index contributed by atoms with van der Waals surface area (Å²) in [6, 6.07) is 5.86. The summed E-state index contributed by atoms with van der Waals surface area (Å²) >= 11 is 6.99. The first-order chi connectivity index (χ1) is 6.61. The van der Waals surface area contributed by atoms with E-state index in [-0.39, 0.29) is 0 Å². The minimum absolute atomic E-state index is 0.604. The maximum atomic E-state index is 9.14. The minimum Gasteiger partial charge on any atom is -0.423 e. The van der Waals surface area contributed by atoms with Gasteiger partial charge in [0.1, 0.15) is 0 Å². The largest absolute Gasteiger partial charge is 0.500 e. The second kappa shape index (κ2) is 4.09. The lowest BCUT2D eigenvalue weighted by molar-refractivity contribution is 0.426. The third-order valence-corrected chi connectivity index (χ3v) is 5.21. The number of rotatable bonds is 1. The number of benzene rings is 1. The molecule has 1 aromatic carbocycles. The highest BCUT2D eigenvalue weighted by Gasteiger charge is 2.21. The first kappa shape index (κ1) is 10.9. The van der Waals surface area contributed by atoms with Crippen molar-refractivity contribution < 1.29 is 10.0 Å². The first-order valence-corrected chi connectivity index (χ1v) is 6.52. The molecular weight excluding hydrogens is 378 g/mol. The lowest BCUT2D eigenvalue weighted by Gasteiger charge is -1.95. The van der Waals surface area contributed by atoms with Gasteiger partial charge in [0, 0.05) is 22.9 Å². The van der Waals surface area contributed by atoms with Crippen LogP contribution in [0.3, 0.4) is 0 Å². The Balaban J connectivity index is 2.81. The molecule has 0 aliphatic rings. The van der Waals surface area contributed by atoms with Crippen LogP contribution in [-0.4, -0.2) is 17.2 Å². The Morgan fingerprint density at radius 2 is 2.07 bits per heavy atom. The topological polar surface area (TPSA) is 40.5 Å². The van der Waals surface area contributed by atoms with Gasteiger partial charge in [0.25, 0.3) is 0 Å². The molecule has 14 heavy (non-hydrogen) atoms. The van der Waals surface area contributed by atoms with Crippen molar-refractivity contribution >= 4 is 71.8 Å². The van der Waals surface area contributed by atoms with E-state index in [2.05, 4.69) is 38.5 Å². The summed E-state index contributed by atoms with van der Waals surface area (Å²) in [5.41, 5.74) is 0. The monoisotopic (exact) mass is 382 g/mol. The fourth-order valence-corrected chi connectivity index (χ4v) is 4.69. The Morgan fingerprint density at radius 1 is 1.36 bits per heavy atom. The Kier molecular flexibility index (Phi) is 3.18. The normalized spacial score (nSPS) is 10.9. The van der Waals surface area contributed by atoms with E-state index in [0.29, 0.717) is 4.78 Å². The molecule has 0 unspecified atom stereocenters. The fourth-order valence-electron chi connectivity index (χ4n) is 1.25. The summed E-state index contributed by atoms with van der Waals surface area (Å²) in [5, 5.41) is 19.3. The maximum absolute atomic E-state index is 9.14. The number of hydrogen-bond donors (Lipinski definition) is 2. The molecule has 0 atom stereocenters. The molecule has 0 radical (unpaired) electrons. The predicted molar refractivity (Wildman–Crippen MR) is 72.1 cm³/mol. The van der Waals surface area contributed by atoms with Gasteiger partial charge in [-0.3, -0.25) is 0 Å². The molecule has 2 rings (SSSR count). The van der Waals surface area contributed by atoms with Gasteiger partial charge in [0.15, 0.2) is 0 Å². The number of thiophene rings is 1. The highest BCUT2D eigenvalue weighted by Crippen LogP contribution is 2.31. The van der Waals surface area contributed by atoms with Gasteiger partial charge in [0.05, 0.1) is 0 Å². The van der Waals surface area contributed by atoms with Crippen molar-refractivity contribution in [1.29, 1.82) is 0 Å².